The van der Waals surface area contributed by atoms with Crippen LogP contribution in [-0.4, -0.2) is 56.6 Å². The van der Waals surface area contributed by atoms with Crippen LogP contribution in [0.5, 0.6) is 0 Å². The van der Waals surface area contributed by atoms with Gasteiger partial charge in [-0.05, 0) is 30.0 Å². The van der Waals surface area contributed by atoms with Crippen LogP contribution >= 0.6 is 11.3 Å². The number of aryl methyl sites for hydroxylation is 1. The van der Waals surface area contributed by atoms with E-state index in [4.69, 9.17) is 8.94 Å². The molecule has 0 unspecified atom stereocenters. The minimum atomic E-state index is -0.379. The largest absolute Gasteiger partial charge is 0.419 e. The summed E-state index contributed by atoms with van der Waals surface area (Å²) in [5.74, 6) is 0.943. The van der Waals surface area contributed by atoms with Gasteiger partial charge in [-0.3, -0.25) is 14.3 Å². The van der Waals surface area contributed by atoms with Crippen molar-refractivity contribution in [2.24, 2.45) is 0 Å². The molecule has 4 aromatic rings. The summed E-state index contributed by atoms with van der Waals surface area (Å²) in [5.41, 5.74) is 1.34. The van der Waals surface area contributed by atoms with Crippen molar-refractivity contribution in [3.05, 3.63) is 58.2 Å². The predicted molar refractivity (Wildman–Crippen MR) is 119 cm³/mol. The molecular weight excluding hydrogens is 430 g/mol. The van der Waals surface area contributed by atoms with Gasteiger partial charge in [0.25, 0.3) is 0 Å². The Balaban J connectivity index is 1.08. The predicted octanol–water partition coefficient (Wildman–Crippen LogP) is 2.83. The number of hydrogen-bond donors (Lipinski definition) is 0. The molecular formula is C22H23N5O4S. The first-order valence-corrected chi connectivity index (χ1v) is 11.5. The van der Waals surface area contributed by atoms with Gasteiger partial charge in [0.1, 0.15) is 0 Å². The van der Waals surface area contributed by atoms with Gasteiger partial charge in [0.2, 0.25) is 17.6 Å². The summed E-state index contributed by atoms with van der Waals surface area (Å²) < 4.78 is 12.2. The van der Waals surface area contributed by atoms with Gasteiger partial charge in [-0.25, -0.2) is 4.79 Å². The molecule has 9 nitrogen and oxygen atoms in total. The molecule has 1 amide bonds. The first-order chi connectivity index (χ1) is 15.7. The quantitative estimate of drug-likeness (QED) is 0.424. The van der Waals surface area contributed by atoms with Crippen LogP contribution in [0.3, 0.4) is 0 Å². The second kappa shape index (κ2) is 9.09. The van der Waals surface area contributed by atoms with E-state index in [2.05, 4.69) is 15.0 Å². The summed E-state index contributed by atoms with van der Waals surface area (Å²) in [6.07, 6.45) is 0.996. The van der Waals surface area contributed by atoms with Crippen LogP contribution < -0.4 is 5.76 Å². The highest BCUT2D eigenvalue weighted by Gasteiger charge is 2.22. The van der Waals surface area contributed by atoms with Gasteiger partial charge >= 0.3 is 5.76 Å². The van der Waals surface area contributed by atoms with Gasteiger partial charge < -0.3 is 13.8 Å². The molecule has 1 saturated heterocycles. The van der Waals surface area contributed by atoms with E-state index in [1.807, 2.05) is 40.6 Å². The zero-order chi connectivity index (χ0) is 21.9. The number of nitrogens with zero attached hydrogens (tertiary/aromatic N) is 5. The van der Waals surface area contributed by atoms with Crippen LogP contribution in [0.25, 0.3) is 21.8 Å². The molecule has 1 aliphatic heterocycles. The van der Waals surface area contributed by atoms with Crippen LogP contribution in [0.4, 0.5) is 0 Å². The monoisotopic (exact) mass is 453 g/mol. The molecule has 1 aliphatic rings. The standard InChI is InChI=1S/C22H23N5O4S/c28-20(8-3-9-27-16-5-1-2-6-17(16)30-22(27)29)26-12-10-25(11-13-26)15-19-23-21(24-31-19)18-7-4-14-32-18/h1-2,4-7,14H,3,8-13,15H2. The van der Waals surface area contributed by atoms with Crippen molar-refractivity contribution in [1.29, 1.82) is 0 Å². The molecule has 5 rings (SSSR count). The fraction of sp³-hybridized carbons (Fsp3) is 0.364. The third kappa shape index (κ3) is 4.37. The molecule has 1 fully saturated rings. The summed E-state index contributed by atoms with van der Waals surface area (Å²) in [7, 11) is 0. The molecule has 0 aliphatic carbocycles. The fourth-order valence-corrected chi connectivity index (χ4v) is 4.59. The van der Waals surface area contributed by atoms with Crippen LogP contribution in [-0.2, 0) is 17.9 Å². The first-order valence-electron chi connectivity index (χ1n) is 10.6. The Kier molecular flexibility index (Phi) is 5.87. The van der Waals surface area contributed by atoms with Crippen LogP contribution in [0.1, 0.15) is 18.7 Å². The molecule has 0 atom stereocenters. The van der Waals surface area contributed by atoms with E-state index in [9.17, 15) is 9.59 Å². The third-order valence-electron chi connectivity index (χ3n) is 5.64. The van der Waals surface area contributed by atoms with Gasteiger partial charge in [0.15, 0.2) is 5.58 Å². The number of oxazole rings is 1. The molecule has 0 saturated carbocycles. The number of amides is 1. The Hall–Kier alpha value is -3.24. The summed E-state index contributed by atoms with van der Waals surface area (Å²) in [6.45, 7) is 3.89. The summed E-state index contributed by atoms with van der Waals surface area (Å²) in [6, 6.07) is 11.3. The van der Waals surface area contributed by atoms with E-state index in [0.717, 1.165) is 23.5 Å². The van der Waals surface area contributed by atoms with Gasteiger partial charge in [0, 0.05) is 39.1 Å². The van der Waals surface area contributed by atoms with Crippen LogP contribution in [0.15, 0.2) is 55.5 Å². The average molecular weight is 454 g/mol. The highest BCUT2D eigenvalue weighted by molar-refractivity contribution is 7.13. The number of rotatable bonds is 7. The van der Waals surface area contributed by atoms with E-state index in [1.54, 1.807) is 22.0 Å². The maximum atomic E-state index is 12.6. The van der Waals surface area contributed by atoms with Gasteiger partial charge in [-0.2, -0.15) is 4.98 Å². The molecule has 10 heteroatoms. The average Bonchev–Trinajstić information content (AvgIpc) is 3.55. The molecule has 1 aromatic carbocycles. The lowest BCUT2D eigenvalue weighted by Gasteiger charge is -2.34. The van der Waals surface area contributed by atoms with Gasteiger partial charge in [-0.1, -0.05) is 23.4 Å². The van der Waals surface area contributed by atoms with Crippen molar-refractivity contribution in [2.45, 2.75) is 25.9 Å². The minimum absolute atomic E-state index is 0.114. The molecule has 4 heterocycles. The van der Waals surface area contributed by atoms with E-state index < -0.39 is 0 Å². The lowest BCUT2D eigenvalue weighted by atomic mass is 10.2. The molecule has 0 bridgehead atoms. The van der Waals surface area contributed by atoms with Crippen molar-refractivity contribution >= 4 is 28.3 Å². The Morgan fingerprint density at radius 1 is 1.09 bits per heavy atom. The fourth-order valence-electron chi connectivity index (χ4n) is 3.94. The van der Waals surface area contributed by atoms with Gasteiger partial charge in [0.05, 0.1) is 16.9 Å². The molecule has 0 N–H and O–H groups in total. The van der Waals surface area contributed by atoms with Crippen LogP contribution in [0, 0.1) is 0 Å². The molecule has 166 valence electrons. The van der Waals surface area contributed by atoms with Crippen molar-refractivity contribution in [3.63, 3.8) is 0 Å². The number of carbonyl (C=O) groups excluding carboxylic acids is 1. The SMILES string of the molecule is O=C(CCCn1c(=O)oc2ccccc21)N1CCN(Cc2nc(-c3cccs3)no2)CC1. The van der Waals surface area contributed by atoms with E-state index in [0.29, 0.717) is 56.3 Å². The maximum absolute atomic E-state index is 12.6. The Morgan fingerprint density at radius 2 is 1.94 bits per heavy atom. The normalized spacial score (nSPS) is 14.9. The number of para-hydroxylation sites is 2. The maximum Gasteiger partial charge on any atom is 0.419 e. The highest BCUT2D eigenvalue weighted by atomic mass is 32.1. The highest BCUT2D eigenvalue weighted by Crippen LogP contribution is 2.22. The summed E-state index contributed by atoms with van der Waals surface area (Å²) >= 11 is 1.58. The van der Waals surface area contributed by atoms with Gasteiger partial charge in [-0.15, -0.1) is 11.3 Å². The topological polar surface area (TPSA) is 97.6 Å². The number of benzene rings is 1. The molecule has 32 heavy (non-hydrogen) atoms. The number of fused-ring (bicyclic) bond motifs is 1. The zero-order valence-electron chi connectivity index (χ0n) is 17.5. The number of carbonyl (C=O) groups is 1. The second-order valence-electron chi connectivity index (χ2n) is 7.74. The van der Waals surface area contributed by atoms with E-state index >= 15 is 0 Å². The lowest BCUT2D eigenvalue weighted by molar-refractivity contribution is -0.133. The van der Waals surface area contributed by atoms with E-state index in [-0.39, 0.29) is 11.7 Å². The number of thiophene rings is 1. The number of piperazine rings is 1. The Bertz CT molecular complexity index is 1250. The Morgan fingerprint density at radius 3 is 2.75 bits per heavy atom. The lowest BCUT2D eigenvalue weighted by Crippen LogP contribution is -2.48. The number of aromatic nitrogens is 3. The van der Waals surface area contributed by atoms with E-state index in [1.165, 1.54) is 0 Å². The smallest absolute Gasteiger partial charge is 0.408 e. The minimum Gasteiger partial charge on any atom is -0.408 e. The Labute approximate surface area is 187 Å². The second-order valence-corrected chi connectivity index (χ2v) is 8.68. The van der Waals surface area contributed by atoms with Crippen molar-refractivity contribution in [3.8, 4) is 10.7 Å². The summed E-state index contributed by atoms with van der Waals surface area (Å²) in [5, 5.41) is 6.03. The summed E-state index contributed by atoms with van der Waals surface area (Å²) in [4.78, 5) is 34.2. The molecule has 0 spiro atoms. The molecule has 0 radical (unpaired) electrons. The van der Waals surface area contributed by atoms with Crippen molar-refractivity contribution in [2.75, 3.05) is 26.2 Å². The van der Waals surface area contributed by atoms with Crippen molar-refractivity contribution in [1.82, 2.24) is 24.5 Å². The first kappa shape index (κ1) is 20.7. The zero-order valence-corrected chi connectivity index (χ0v) is 18.3. The third-order valence-corrected chi connectivity index (χ3v) is 6.51. The molecule has 3 aromatic heterocycles. The number of hydrogen-bond acceptors (Lipinski definition) is 8. The van der Waals surface area contributed by atoms with Crippen LogP contribution in [0.2, 0.25) is 0 Å². The van der Waals surface area contributed by atoms with Crippen molar-refractivity contribution < 1.29 is 13.7 Å².